The predicted molar refractivity (Wildman–Crippen MR) is 130 cm³/mol. The first-order valence-electron chi connectivity index (χ1n) is 11.0. The first kappa shape index (κ1) is 26.6. The van der Waals surface area contributed by atoms with Gasteiger partial charge in [0, 0.05) is 11.6 Å². The summed E-state index contributed by atoms with van der Waals surface area (Å²) in [5.41, 5.74) is 0.558. The van der Waals surface area contributed by atoms with Crippen LogP contribution in [0, 0.1) is 0 Å². The van der Waals surface area contributed by atoms with E-state index in [2.05, 4.69) is 5.10 Å². The van der Waals surface area contributed by atoms with Crippen LogP contribution in [-0.2, 0) is 19.0 Å². The molecular formula is C25H25ClN2O8. The maximum Gasteiger partial charge on any atom is 0.357 e. The van der Waals surface area contributed by atoms with Crippen molar-refractivity contribution in [1.29, 1.82) is 0 Å². The molecule has 0 aliphatic rings. The number of esters is 3. The second-order valence-electron chi connectivity index (χ2n) is 7.11. The van der Waals surface area contributed by atoms with Crippen molar-refractivity contribution in [3.05, 3.63) is 58.7 Å². The number of para-hydroxylation sites is 1. The van der Waals surface area contributed by atoms with Crippen molar-refractivity contribution < 1.29 is 38.1 Å². The van der Waals surface area contributed by atoms with E-state index in [9.17, 15) is 14.4 Å². The van der Waals surface area contributed by atoms with Gasteiger partial charge in [-0.2, -0.15) is 5.10 Å². The van der Waals surface area contributed by atoms with Crippen LogP contribution < -0.4 is 9.47 Å². The maximum atomic E-state index is 12.9. The van der Waals surface area contributed by atoms with Gasteiger partial charge in [0.2, 0.25) is 0 Å². The summed E-state index contributed by atoms with van der Waals surface area (Å²) in [5, 5.41) is 4.66. The molecule has 0 atom stereocenters. The van der Waals surface area contributed by atoms with E-state index in [1.54, 1.807) is 44.2 Å². The lowest BCUT2D eigenvalue weighted by Gasteiger charge is -2.14. The summed E-state index contributed by atoms with van der Waals surface area (Å²) in [4.78, 5) is 37.4. The predicted octanol–water partition coefficient (Wildman–Crippen LogP) is 4.11. The van der Waals surface area contributed by atoms with E-state index in [1.165, 1.54) is 31.0 Å². The van der Waals surface area contributed by atoms with Crippen molar-refractivity contribution in [2.75, 3.05) is 34.0 Å². The van der Waals surface area contributed by atoms with Crippen LogP contribution in [0.5, 0.6) is 11.5 Å². The molecule has 190 valence electrons. The third-order valence-electron chi connectivity index (χ3n) is 4.89. The summed E-state index contributed by atoms with van der Waals surface area (Å²) in [6.07, 6.45) is 0. The lowest BCUT2D eigenvalue weighted by molar-refractivity contribution is -0.145. The van der Waals surface area contributed by atoms with Gasteiger partial charge in [0.05, 0.1) is 38.1 Å². The number of carbonyl (C=O) groups excluding carboxylic acids is 3. The van der Waals surface area contributed by atoms with Gasteiger partial charge in [-0.05, 0) is 32.0 Å². The Bertz CT molecular complexity index is 1260. The minimum atomic E-state index is -0.816. The fraction of sp³-hybridized carbons (Fsp3) is 0.280. The lowest BCUT2D eigenvalue weighted by Crippen LogP contribution is -2.15. The zero-order valence-corrected chi connectivity index (χ0v) is 21.0. The summed E-state index contributed by atoms with van der Waals surface area (Å²) >= 11 is 6.58. The van der Waals surface area contributed by atoms with Gasteiger partial charge in [-0.3, -0.25) is 0 Å². The summed E-state index contributed by atoms with van der Waals surface area (Å²) in [6, 6.07) is 11.7. The smallest absolute Gasteiger partial charge is 0.357 e. The molecule has 10 nitrogen and oxygen atoms in total. The summed E-state index contributed by atoms with van der Waals surface area (Å²) < 4.78 is 27.3. The molecule has 0 aliphatic heterocycles. The Morgan fingerprint density at radius 2 is 1.58 bits per heavy atom. The minimum Gasteiger partial charge on any atom is -0.490 e. The molecule has 2 aromatic carbocycles. The van der Waals surface area contributed by atoms with Crippen LogP contribution in [0.2, 0.25) is 5.02 Å². The molecule has 1 aromatic heterocycles. The number of benzene rings is 2. The van der Waals surface area contributed by atoms with E-state index < -0.39 is 17.9 Å². The molecule has 11 heteroatoms. The van der Waals surface area contributed by atoms with Gasteiger partial charge in [-0.1, -0.05) is 29.8 Å². The SMILES string of the molecule is CCOC(=O)COc1cc(Cl)c(-c2nn(-c3ccccc3)c(C(=O)OC)c2C(=O)OC)cc1OCC. The summed E-state index contributed by atoms with van der Waals surface area (Å²) in [6.45, 7) is 3.58. The van der Waals surface area contributed by atoms with Gasteiger partial charge in [0.25, 0.3) is 0 Å². The number of nitrogens with zero attached hydrogens (tertiary/aromatic N) is 2. The number of aromatic nitrogens is 2. The third kappa shape index (κ3) is 5.60. The number of hydrogen-bond donors (Lipinski definition) is 0. The number of ether oxygens (including phenoxy) is 5. The highest BCUT2D eigenvalue weighted by molar-refractivity contribution is 6.33. The molecule has 0 saturated heterocycles. The van der Waals surface area contributed by atoms with Gasteiger partial charge in [-0.25, -0.2) is 19.1 Å². The molecular weight excluding hydrogens is 492 g/mol. The molecule has 0 unspecified atom stereocenters. The van der Waals surface area contributed by atoms with E-state index in [0.717, 1.165) is 0 Å². The van der Waals surface area contributed by atoms with E-state index >= 15 is 0 Å². The highest BCUT2D eigenvalue weighted by atomic mass is 35.5. The molecule has 0 bridgehead atoms. The van der Waals surface area contributed by atoms with Gasteiger partial charge in [0.15, 0.2) is 23.8 Å². The third-order valence-corrected chi connectivity index (χ3v) is 5.21. The Morgan fingerprint density at radius 1 is 0.917 bits per heavy atom. The molecule has 36 heavy (non-hydrogen) atoms. The topological polar surface area (TPSA) is 115 Å². The standard InChI is InChI=1S/C25H25ClN2O8/c1-5-34-18-12-16(17(26)13-19(18)36-14-20(29)35-6-2)22-21(24(30)32-3)23(25(31)33-4)28(27-22)15-10-8-7-9-11-15/h7-13H,5-6,14H2,1-4H3. The van der Waals surface area contributed by atoms with Crippen LogP contribution in [0.4, 0.5) is 0 Å². The molecule has 0 spiro atoms. The Labute approximate surface area is 212 Å². The highest BCUT2D eigenvalue weighted by Crippen LogP contribution is 2.40. The van der Waals surface area contributed by atoms with E-state index in [4.69, 9.17) is 35.3 Å². The molecule has 0 fully saturated rings. The fourth-order valence-corrected chi connectivity index (χ4v) is 3.62. The summed E-state index contributed by atoms with van der Waals surface area (Å²) in [7, 11) is 2.38. The van der Waals surface area contributed by atoms with Crippen molar-refractivity contribution in [2.45, 2.75) is 13.8 Å². The largest absolute Gasteiger partial charge is 0.490 e. The second-order valence-corrected chi connectivity index (χ2v) is 7.52. The Balaban J connectivity index is 2.23. The molecule has 0 N–H and O–H groups in total. The molecule has 0 amide bonds. The van der Waals surface area contributed by atoms with Crippen LogP contribution >= 0.6 is 11.6 Å². The summed E-state index contributed by atoms with van der Waals surface area (Å²) in [5.74, 6) is -1.74. The zero-order chi connectivity index (χ0) is 26.2. The highest BCUT2D eigenvalue weighted by Gasteiger charge is 2.32. The lowest BCUT2D eigenvalue weighted by atomic mass is 10.0. The molecule has 3 rings (SSSR count). The van der Waals surface area contributed by atoms with E-state index in [-0.39, 0.29) is 58.9 Å². The van der Waals surface area contributed by atoms with Crippen LogP contribution in [0.1, 0.15) is 34.7 Å². The van der Waals surface area contributed by atoms with Crippen LogP contribution in [0.15, 0.2) is 42.5 Å². The van der Waals surface area contributed by atoms with Crippen molar-refractivity contribution in [2.24, 2.45) is 0 Å². The van der Waals surface area contributed by atoms with Gasteiger partial charge >= 0.3 is 17.9 Å². The van der Waals surface area contributed by atoms with Gasteiger partial charge < -0.3 is 23.7 Å². The second kappa shape index (κ2) is 12.1. The van der Waals surface area contributed by atoms with Crippen molar-refractivity contribution in [1.82, 2.24) is 9.78 Å². The quantitative estimate of drug-likeness (QED) is 0.290. The average Bonchev–Trinajstić information content (AvgIpc) is 3.29. The monoisotopic (exact) mass is 516 g/mol. The molecule has 1 heterocycles. The fourth-order valence-electron chi connectivity index (χ4n) is 3.38. The first-order chi connectivity index (χ1) is 17.4. The molecule has 3 aromatic rings. The Kier molecular flexibility index (Phi) is 8.91. The number of halogens is 1. The average molecular weight is 517 g/mol. The van der Waals surface area contributed by atoms with E-state index in [1.807, 2.05) is 0 Å². The van der Waals surface area contributed by atoms with Crippen LogP contribution in [0.25, 0.3) is 16.9 Å². The molecule has 0 saturated carbocycles. The zero-order valence-electron chi connectivity index (χ0n) is 20.2. The minimum absolute atomic E-state index is 0.0639. The van der Waals surface area contributed by atoms with Gasteiger partial charge in [0.1, 0.15) is 11.3 Å². The maximum absolute atomic E-state index is 12.9. The number of carbonyl (C=O) groups is 3. The Morgan fingerprint density at radius 3 is 2.19 bits per heavy atom. The van der Waals surface area contributed by atoms with Crippen molar-refractivity contribution in [3.8, 4) is 28.4 Å². The number of hydrogen-bond acceptors (Lipinski definition) is 9. The molecule has 0 radical (unpaired) electrons. The van der Waals surface area contributed by atoms with Gasteiger partial charge in [-0.15, -0.1) is 0 Å². The molecule has 0 aliphatic carbocycles. The van der Waals surface area contributed by atoms with Crippen LogP contribution in [0.3, 0.4) is 0 Å². The first-order valence-corrected chi connectivity index (χ1v) is 11.3. The van der Waals surface area contributed by atoms with Crippen molar-refractivity contribution >= 4 is 29.5 Å². The normalized spacial score (nSPS) is 10.5. The number of methoxy groups -OCH3 is 2. The van der Waals surface area contributed by atoms with E-state index in [0.29, 0.717) is 5.69 Å². The number of rotatable bonds is 10. The van der Waals surface area contributed by atoms with Crippen LogP contribution in [-0.4, -0.2) is 61.7 Å². The Hall–Kier alpha value is -4.05. The van der Waals surface area contributed by atoms with Crippen molar-refractivity contribution in [3.63, 3.8) is 0 Å².